The van der Waals surface area contributed by atoms with E-state index in [1.165, 1.54) is 4.52 Å². The molecule has 2 N–H and O–H groups in total. The van der Waals surface area contributed by atoms with E-state index in [1.807, 2.05) is 45.0 Å². The number of nitrogens with zero attached hydrogens (tertiary/aromatic N) is 2. The van der Waals surface area contributed by atoms with Crippen molar-refractivity contribution >= 4 is 5.65 Å². The molecule has 0 spiro atoms. The summed E-state index contributed by atoms with van der Waals surface area (Å²) in [6.45, 7) is 5.54. The zero-order valence-electron chi connectivity index (χ0n) is 13.5. The summed E-state index contributed by atoms with van der Waals surface area (Å²) >= 11 is 0. The lowest BCUT2D eigenvalue weighted by Gasteiger charge is -2.10. The Balaban J connectivity index is 2.40. The molecule has 120 valence electrons. The van der Waals surface area contributed by atoms with Crippen molar-refractivity contribution in [2.45, 2.75) is 26.7 Å². The molecule has 0 radical (unpaired) electrons. The van der Waals surface area contributed by atoms with Crippen LogP contribution in [0.25, 0.3) is 16.8 Å². The highest BCUT2D eigenvalue weighted by Crippen LogP contribution is 2.35. The van der Waals surface area contributed by atoms with E-state index in [4.69, 9.17) is 4.74 Å². The first-order chi connectivity index (χ1) is 11.0. The monoisotopic (exact) mass is 313 g/mol. The number of aromatic amines is 1. The van der Waals surface area contributed by atoms with Crippen LogP contribution in [-0.4, -0.2) is 26.8 Å². The van der Waals surface area contributed by atoms with E-state index in [9.17, 15) is 9.90 Å². The maximum absolute atomic E-state index is 12.4. The first-order valence-electron chi connectivity index (χ1n) is 7.43. The molecule has 0 aliphatic heterocycles. The molecule has 23 heavy (non-hydrogen) atoms. The lowest BCUT2D eigenvalue weighted by Crippen LogP contribution is -2.17. The molecule has 0 saturated carbocycles. The number of benzene rings is 1. The fourth-order valence-electron chi connectivity index (χ4n) is 2.88. The minimum atomic E-state index is -0.305. The summed E-state index contributed by atoms with van der Waals surface area (Å²) in [5.74, 6) is 0.448. The van der Waals surface area contributed by atoms with Gasteiger partial charge in [0.05, 0.1) is 23.9 Å². The second kappa shape index (κ2) is 5.46. The lowest BCUT2D eigenvalue weighted by molar-refractivity contribution is 0.416. The van der Waals surface area contributed by atoms with Gasteiger partial charge in [-0.15, -0.1) is 0 Å². The van der Waals surface area contributed by atoms with Crippen molar-refractivity contribution in [2.24, 2.45) is 0 Å². The molecule has 2 aromatic heterocycles. The van der Waals surface area contributed by atoms with Crippen LogP contribution in [0.1, 0.15) is 31.0 Å². The number of H-pyrrole nitrogens is 1. The number of ether oxygens (including phenoxy) is 1. The Morgan fingerprint density at radius 1 is 1.30 bits per heavy atom. The van der Waals surface area contributed by atoms with Gasteiger partial charge in [-0.2, -0.15) is 9.61 Å². The van der Waals surface area contributed by atoms with Gasteiger partial charge >= 0.3 is 0 Å². The number of methoxy groups -OCH3 is 1. The van der Waals surface area contributed by atoms with Crippen LogP contribution in [0.15, 0.2) is 29.1 Å². The number of nitrogens with one attached hydrogen (secondary N) is 1. The number of para-hydroxylation sites is 1. The van der Waals surface area contributed by atoms with Crippen molar-refractivity contribution < 1.29 is 9.84 Å². The molecule has 2 heterocycles. The highest BCUT2D eigenvalue weighted by molar-refractivity contribution is 5.83. The number of fused-ring (bicyclic) bond motifs is 1. The van der Waals surface area contributed by atoms with Crippen molar-refractivity contribution in [2.75, 3.05) is 7.11 Å². The average Bonchev–Trinajstić information content (AvgIpc) is 2.83. The van der Waals surface area contributed by atoms with E-state index in [-0.39, 0.29) is 17.4 Å². The van der Waals surface area contributed by atoms with Crippen LogP contribution in [0.4, 0.5) is 0 Å². The topological polar surface area (TPSA) is 79.6 Å². The van der Waals surface area contributed by atoms with Crippen LogP contribution in [0.3, 0.4) is 0 Å². The summed E-state index contributed by atoms with van der Waals surface area (Å²) < 4.78 is 6.79. The van der Waals surface area contributed by atoms with E-state index < -0.39 is 0 Å². The second-order valence-corrected chi connectivity index (χ2v) is 5.77. The number of aryl methyl sites for hydroxylation is 1. The molecule has 6 heteroatoms. The Labute approximate surface area is 133 Å². The van der Waals surface area contributed by atoms with Gasteiger partial charge in [0.1, 0.15) is 11.4 Å². The van der Waals surface area contributed by atoms with Crippen LogP contribution >= 0.6 is 0 Å². The van der Waals surface area contributed by atoms with Crippen molar-refractivity contribution in [3.05, 3.63) is 45.9 Å². The van der Waals surface area contributed by atoms with E-state index in [0.717, 1.165) is 11.1 Å². The molecule has 0 unspecified atom stereocenters. The van der Waals surface area contributed by atoms with Crippen LogP contribution in [0, 0.1) is 6.92 Å². The SMILES string of the molecule is COc1ccccc1-c1c(C)nn2c(O)c(C(C)C)c(=O)[nH]c12. The molecular weight excluding hydrogens is 294 g/mol. The number of aromatic nitrogens is 3. The minimum absolute atomic E-state index is 0.109. The Kier molecular flexibility index (Phi) is 3.60. The summed E-state index contributed by atoms with van der Waals surface area (Å²) in [5.41, 5.74) is 2.73. The fourth-order valence-corrected chi connectivity index (χ4v) is 2.88. The predicted molar refractivity (Wildman–Crippen MR) is 88.3 cm³/mol. The van der Waals surface area contributed by atoms with Gasteiger partial charge in [0.15, 0.2) is 0 Å². The predicted octanol–water partition coefficient (Wildman–Crippen LogP) is 2.84. The highest BCUT2D eigenvalue weighted by atomic mass is 16.5. The van der Waals surface area contributed by atoms with E-state index in [2.05, 4.69) is 10.1 Å². The smallest absolute Gasteiger partial charge is 0.258 e. The standard InChI is InChI=1S/C17H19N3O3/c1-9(2)13-16(21)18-15-14(10(3)19-20(15)17(13)22)11-7-5-6-8-12(11)23-4/h5-9,22H,1-4H3,(H,18,21). The number of hydrogen-bond acceptors (Lipinski definition) is 4. The van der Waals surface area contributed by atoms with Gasteiger partial charge in [-0.1, -0.05) is 32.0 Å². The number of hydrogen-bond donors (Lipinski definition) is 2. The molecule has 6 nitrogen and oxygen atoms in total. The number of aromatic hydroxyl groups is 1. The van der Waals surface area contributed by atoms with Crippen LogP contribution in [-0.2, 0) is 0 Å². The molecule has 1 aromatic carbocycles. The molecule has 0 bridgehead atoms. The maximum Gasteiger partial charge on any atom is 0.258 e. The zero-order chi connectivity index (χ0) is 16.7. The first kappa shape index (κ1) is 15.1. The van der Waals surface area contributed by atoms with Crippen molar-refractivity contribution in [1.82, 2.24) is 14.6 Å². The normalized spacial score (nSPS) is 11.3. The Hall–Kier alpha value is -2.76. The van der Waals surface area contributed by atoms with Crippen molar-refractivity contribution in [1.29, 1.82) is 0 Å². The van der Waals surface area contributed by atoms with Gasteiger partial charge in [-0.3, -0.25) is 4.79 Å². The third-order valence-electron chi connectivity index (χ3n) is 3.93. The van der Waals surface area contributed by atoms with Gasteiger partial charge in [-0.05, 0) is 18.9 Å². The van der Waals surface area contributed by atoms with Gasteiger partial charge < -0.3 is 14.8 Å². The lowest BCUT2D eigenvalue weighted by atomic mass is 10.0. The number of rotatable bonds is 3. The highest BCUT2D eigenvalue weighted by Gasteiger charge is 2.22. The molecule has 3 aromatic rings. The first-order valence-corrected chi connectivity index (χ1v) is 7.43. The van der Waals surface area contributed by atoms with Crippen molar-refractivity contribution in [3.63, 3.8) is 0 Å². The zero-order valence-corrected chi connectivity index (χ0v) is 13.5. The molecule has 0 aliphatic rings. The minimum Gasteiger partial charge on any atom is -0.496 e. The molecule has 0 atom stereocenters. The Bertz CT molecular complexity index is 938. The van der Waals surface area contributed by atoms with E-state index in [1.54, 1.807) is 7.11 Å². The average molecular weight is 313 g/mol. The Morgan fingerprint density at radius 2 is 2.00 bits per heavy atom. The summed E-state index contributed by atoms with van der Waals surface area (Å²) in [6.07, 6.45) is 0. The van der Waals surface area contributed by atoms with Crippen LogP contribution < -0.4 is 10.3 Å². The Morgan fingerprint density at radius 3 is 2.65 bits per heavy atom. The molecule has 0 aliphatic carbocycles. The van der Waals surface area contributed by atoms with Gasteiger partial charge in [0, 0.05) is 5.56 Å². The van der Waals surface area contributed by atoms with Crippen LogP contribution in [0.2, 0.25) is 0 Å². The summed E-state index contributed by atoms with van der Waals surface area (Å²) in [4.78, 5) is 15.2. The third-order valence-corrected chi connectivity index (χ3v) is 3.93. The van der Waals surface area contributed by atoms with E-state index >= 15 is 0 Å². The molecule has 3 rings (SSSR count). The maximum atomic E-state index is 12.4. The summed E-state index contributed by atoms with van der Waals surface area (Å²) in [5, 5.41) is 14.9. The quantitative estimate of drug-likeness (QED) is 0.779. The fraction of sp³-hybridized carbons (Fsp3) is 0.294. The van der Waals surface area contributed by atoms with Crippen LogP contribution in [0.5, 0.6) is 11.6 Å². The molecule has 0 fully saturated rings. The van der Waals surface area contributed by atoms with Crippen molar-refractivity contribution in [3.8, 4) is 22.8 Å². The third kappa shape index (κ3) is 2.27. The van der Waals surface area contributed by atoms with Gasteiger partial charge in [0.2, 0.25) is 5.88 Å². The summed E-state index contributed by atoms with van der Waals surface area (Å²) in [7, 11) is 1.59. The van der Waals surface area contributed by atoms with E-state index in [0.29, 0.717) is 22.7 Å². The largest absolute Gasteiger partial charge is 0.496 e. The second-order valence-electron chi connectivity index (χ2n) is 5.77. The molecular formula is C17H19N3O3. The van der Waals surface area contributed by atoms with Gasteiger partial charge in [0.25, 0.3) is 5.56 Å². The summed E-state index contributed by atoms with van der Waals surface area (Å²) in [6, 6.07) is 7.51. The molecule has 0 saturated heterocycles. The molecule has 0 amide bonds. The van der Waals surface area contributed by atoms with Gasteiger partial charge in [-0.25, -0.2) is 0 Å².